The maximum Gasteiger partial charge on any atom is 0.243 e. The molecule has 0 saturated carbocycles. The lowest BCUT2D eigenvalue weighted by Crippen LogP contribution is -2.52. The molecule has 3 aliphatic rings. The number of hydrogen-bond donors (Lipinski definition) is 0. The normalized spacial score (nSPS) is 28.4. The number of morpholine rings is 1. The zero-order valence-corrected chi connectivity index (χ0v) is 21.3. The number of nitrogens with zero attached hydrogens (tertiary/aromatic N) is 3. The smallest absolute Gasteiger partial charge is 0.243 e. The lowest BCUT2D eigenvalue weighted by molar-refractivity contribution is -0.138. The number of benzene rings is 1. The first-order valence-corrected chi connectivity index (χ1v) is 13.8. The number of carbonyl (C=O) groups excluding carboxylic acids is 1. The minimum absolute atomic E-state index is 0.0839. The first-order valence-electron chi connectivity index (χ1n) is 12.4. The van der Waals surface area contributed by atoms with Crippen molar-refractivity contribution in [3.05, 3.63) is 29.3 Å². The van der Waals surface area contributed by atoms with E-state index in [1.807, 2.05) is 19.9 Å². The number of sulfonamides is 1. The number of rotatable bonds is 5. The SMILES string of the molecule is Cc1ccc(S(=O)(=O)N2CCC(C(=O)N3CCCC3CN3CC(C)OC(C)C3)CC2)cc1C. The van der Waals surface area contributed by atoms with Crippen LogP contribution in [0.25, 0.3) is 0 Å². The van der Waals surface area contributed by atoms with Gasteiger partial charge in [-0.2, -0.15) is 4.31 Å². The Morgan fingerprint density at radius 1 is 1.00 bits per heavy atom. The number of amides is 1. The molecule has 4 rings (SSSR count). The third-order valence-electron chi connectivity index (χ3n) is 7.54. The second-order valence-electron chi connectivity index (χ2n) is 10.2. The van der Waals surface area contributed by atoms with Crippen LogP contribution in [0.1, 0.15) is 50.7 Å². The molecule has 1 aromatic rings. The molecular formula is C25H39N3O4S. The van der Waals surface area contributed by atoms with Gasteiger partial charge < -0.3 is 9.64 Å². The van der Waals surface area contributed by atoms with Gasteiger partial charge in [0.2, 0.25) is 15.9 Å². The van der Waals surface area contributed by atoms with Gasteiger partial charge in [-0.1, -0.05) is 6.07 Å². The van der Waals surface area contributed by atoms with Crippen LogP contribution in [-0.4, -0.2) is 85.9 Å². The molecule has 3 fully saturated rings. The fraction of sp³-hybridized carbons (Fsp3) is 0.720. The molecule has 0 spiro atoms. The quantitative estimate of drug-likeness (QED) is 0.652. The summed E-state index contributed by atoms with van der Waals surface area (Å²) in [6.07, 6.45) is 3.73. The highest BCUT2D eigenvalue weighted by atomic mass is 32.2. The number of likely N-dealkylation sites (tertiary alicyclic amines) is 1. The molecule has 0 radical (unpaired) electrons. The minimum atomic E-state index is -3.52. The van der Waals surface area contributed by atoms with Crippen molar-refractivity contribution in [3.8, 4) is 0 Å². The Balaban J connectivity index is 1.35. The molecule has 3 saturated heterocycles. The van der Waals surface area contributed by atoms with E-state index in [0.29, 0.717) is 30.8 Å². The molecule has 184 valence electrons. The Bertz CT molecular complexity index is 948. The summed E-state index contributed by atoms with van der Waals surface area (Å²) in [6, 6.07) is 5.57. The Hall–Kier alpha value is -1.48. The first kappa shape index (κ1) is 24.6. The average Bonchev–Trinajstić information content (AvgIpc) is 3.22. The molecule has 8 heteroatoms. The second-order valence-corrected chi connectivity index (χ2v) is 12.2. The number of aryl methyl sites for hydroxylation is 2. The standard InChI is InChI=1S/C25H39N3O4S/c1-18-7-8-24(14-19(18)2)33(30,31)27-12-9-22(10-13-27)25(29)28-11-5-6-23(28)17-26-15-20(3)32-21(4)16-26/h7-8,14,20-23H,5-6,9-13,15-17H2,1-4H3. The van der Waals surface area contributed by atoms with Gasteiger partial charge in [0.1, 0.15) is 0 Å². The highest BCUT2D eigenvalue weighted by molar-refractivity contribution is 7.89. The summed E-state index contributed by atoms with van der Waals surface area (Å²) < 4.78 is 33.7. The van der Waals surface area contributed by atoms with Crippen molar-refractivity contribution >= 4 is 15.9 Å². The van der Waals surface area contributed by atoms with Crippen molar-refractivity contribution in [1.82, 2.24) is 14.1 Å². The van der Waals surface area contributed by atoms with E-state index in [9.17, 15) is 13.2 Å². The minimum Gasteiger partial charge on any atom is -0.373 e. The van der Waals surface area contributed by atoms with E-state index in [0.717, 1.165) is 50.1 Å². The molecule has 7 nitrogen and oxygen atoms in total. The number of carbonyl (C=O) groups is 1. The highest BCUT2D eigenvalue weighted by Gasteiger charge is 2.38. The third-order valence-corrected chi connectivity index (χ3v) is 9.44. The molecule has 3 unspecified atom stereocenters. The Morgan fingerprint density at radius 3 is 2.30 bits per heavy atom. The van der Waals surface area contributed by atoms with Crippen LogP contribution in [-0.2, 0) is 19.6 Å². The van der Waals surface area contributed by atoms with Crippen LogP contribution in [0.4, 0.5) is 0 Å². The molecule has 0 aliphatic carbocycles. The summed E-state index contributed by atoms with van der Waals surface area (Å²) in [5.74, 6) is 0.134. The van der Waals surface area contributed by atoms with Crippen molar-refractivity contribution in [2.45, 2.75) is 76.5 Å². The topological polar surface area (TPSA) is 70.2 Å². The average molecular weight is 478 g/mol. The summed E-state index contributed by atoms with van der Waals surface area (Å²) in [5, 5.41) is 0. The van der Waals surface area contributed by atoms with Crippen LogP contribution in [0, 0.1) is 19.8 Å². The lowest BCUT2D eigenvalue weighted by Gasteiger charge is -2.39. The van der Waals surface area contributed by atoms with E-state index in [1.165, 1.54) is 0 Å². The van der Waals surface area contributed by atoms with Gasteiger partial charge >= 0.3 is 0 Å². The van der Waals surface area contributed by atoms with Crippen molar-refractivity contribution in [2.24, 2.45) is 5.92 Å². The zero-order chi connectivity index (χ0) is 23.8. The Kier molecular flexibility index (Phi) is 7.48. The van der Waals surface area contributed by atoms with Gasteiger partial charge in [-0.15, -0.1) is 0 Å². The van der Waals surface area contributed by atoms with Gasteiger partial charge in [0.15, 0.2) is 0 Å². The van der Waals surface area contributed by atoms with Gasteiger partial charge in [-0.3, -0.25) is 9.69 Å². The monoisotopic (exact) mass is 477 g/mol. The highest BCUT2D eigenvalue weighted by Crippen LogP contribution is 2.29. The maximum atomic E-state index is 13.4. The lowest BCUT2D eigenvalue weighted by atomic mass is 9.96. The van der Waals surface area contributed by atoms with Crippen molar-refractivity contribution in [3.63, 3.8) is 0 Å². The molecule has 3 heterocycles. The molecule has 3 atom stereocenters. The molecule has 3 aliphatic heterocycles. The number of ether oxygens (including phenoxy) is 1. The summed E-state index contributed by atoms with van der Waals surface area (Å²) in [6.45, 7) is 12.5. The van der Waals surface area contributed by atoms with Gasteiger partial charge in [-0.05, 0) is 76.6 Å². The van der Waals surface area contributed by atoms with Crippen molar-refractivity contribution in [2.75, 3.05) is 39.3 Å². The van der Waals surface area contributed by atoms with Crippen LogP contribution in [0.3, 0.4) is 0 Å². The first-order chi connectivity index (χ1) is 15.6. The largest absolute Gasteiger partial charge is 0.373 e. The third kappa shape index (κ3) is 5.45. The van der Waals surface area contributed by atoms with E-state index in [4.69, 9.17) is 4.74 Å². The Morgan fingerprint density at radius 2 is 1.67 bits per heavy atom. The van der Waals surface area contributed by atoms with E-state index in [1.54, 1.807) is 16.4 Å². The maximum absolute atomic E-state index is 13.4. The van der Waals surface area contributed by atoms with Gasteiger partial charge in [0.25, 0.3) is 0 Å². The van der Waals surface area contributed by atoms with Crippen molar-refractivity contribution in [1.29, 1.82) is 0 Å². The van der Waals surface area contributed by atoms with E-state index in [-0.39, 0.29) is 30.1 Å². The predicted octanol–water partition coefficient (Wildman–Crippen LogP) is 2.80. The van der Waals surface area contributed by atoms with E-state index < -0.39 is 10.0 Å². The summed E-state index contributed by atoms with van der Waals surface area (Å²) in [5.41, 5.74) is 2.06. The summed E-state index contributed by atoms with van der Waals surface area (Å²) in [4.78, 5) is 18.3. The van der Waals surface area contributed by atoms with Crippen LogP contribution in [0.2, 0.25) is 0 Å². The van der Waals surface area contributed by atoms with Gasteiger partial charge in [0, 0.05) is 51.2 Å². The second kappa shape index (κ2) is 10.0. The molecule has 1 aromatic carbocycles. The number of piperidine rings is 1. The summed E-state index contributed by atoms with van der Waals surface area (Å²) >= 11 is 0. The Labute approximate surface area is 199 Å². The molecule has 0 N–H and O–H groups in total. The van der Waals surface area contributed by atoms with E-state index in [2.05, 4.69) is 23.6 Å². The molecule has 0 bridgehead atoms. The van der Waals surface area contributed by atoms with Crippen LogP contribution >= 0.6 is 0 Å². The molecule has 1 amide bonds. The predicted molar refractivity (Wildman–Crippen MR) is 129 cm³/mol. The fourth-order valence-corrected chi connectivity index (χ4v) is 7.20. The number of hydrogen-bond acceptors (Lipinski definition) is 5. The molecule has 0 aromatic heterocycles. The molecular weight excluding hydrogens is 438 g/mol. The van der Waals surface area contributed by atoms with Crippen LogP contribution in [0.15, 0.2) is 23.1 Å². The van der Waals surface area contributed by atoms with Crippen molar-refractivity contribution < 1.29 is 17.9 Å². The van der Waals surface area contributed by atoms with Crippen LogP contribution in [0.5, 0.6) is 0 Å². The van der Waals surface area contributed by atoms with Gasteiger partial charge in [0.05, 0.1) is 17.1 Å². The van der Waals surface area contributed by atoms with E-state index >= 15 is 0 Å². The van der Waals surface area contributed by atoms with Crippen LogP contribution < -0.4 is 0 Å². The zero-order valence-electron chi connectivity index (χ0n) is 20.5. The van der Waals surface area contributed by atoms with Gasteiger partial charge in [-0.25, -0.2) is 8.42 Å². The molecule has 33 heavy (non-hydrogen) atoms. The summed E-state index contributed by atoms with van der Waals surface area (Å²) in [7, 11) is -3.52. The fourth-order valence-electron chi connectivity index (χ4n) is 5.65.